The fourth-order valence-electron chi connectivity index (χ4n) is 3.81. The zero-order chi connectivity index (χ0) is 21.9. The van der Waals surface area contributed by atoms with Crippen LogP contribution in [-0.2, 0) is 25.5 Å². The first-order chi connectivity index (χ1) is 14.1. The van der Waals surface area contributed by atoms with E-state index in [9.17, 15) is 17.6 Å². The van der Waals surface area contributed by atoms with Crippen molar-refractivity contribution in [1.82, 2.24) is 5.32 Å². The van der Waals surface area contributed by atoms with Crippen LogP contribution in [0.5, 0.6) is 0 Å². The van der Waals surface area contributed by atoms with E-state index in [1.165, 1.54) is 12.1 Å². The van der Waals surface area contributed by atoms with E-state index < -0.39 is 15.5 Å². The molecule has 2 aromatic carbocycles. The molecule has 0 bridgehead atoms. The lowest BCUT2D eigenvalue weighted by Gasteiger charge is -2.24. The molecular weight excluding hydrogens is 431 g/mol. The van der Waals surface area contributed by atoms with E-state index in [2.05, 4.69) is 5.32 Å². The minimum Gasteiger partial charge on any atom is -0.352 e. The van der Waals surface area contributed by atoms with Crippen molar-refractivity contribution < 1.29 is 21.8 Å². The Balaban J connectivity index is 1.72. The van der Waals surface area contributed by atoms with Crippen LogP contribution in [0.4, 0.5) is 4.39 Å². The van der Waals surface area contributed by atoms with Gasteiger partial charge in [0.15, 0.2) is 0 Å². The van der Waals surface area contributed by atoms with Gasteiger partial charge in [0.1, 0.15) is 5.82 Å². The van der Waals surface area contributed by atoms with Crippen molar-refractivity contribution in [3.63, 3.8) is 0 Å². The van der Waals surface area contributed by atoms with Crippen molar-refractivity contribution in [3.05, 3.63) is 58.9 Å². The van der Waals surface area contributed by atoms with E-state index in [4.69, 9.17) is 21.5 Å². The molecule has 30 heavy (non-hydrogen) atoms. The van der Waals surface area contributed by atoms with Crippen molar-refractivity contribution in [3.8, 4) is 11.1 Å². The Morgan fingerprint density at radius 2 is 1.97 bits per heavy atom. The topological polar surface area (TPSA) is 98.5 Å². The van der Waals surface area contributed by atoms with Gasteiger partial charge in [-0.2, -0.15) is 8.42 Å². The maximum Gasteiger partial charge on any atom is 0.264 e. The monoisotopic (exact) mass is 454 g/mol. The Morgan fingerprint density at radius 3 is 2.60 bits per heavy atom. The summed E-state index contributed by atoms with van der Waals surface area (Å²) in [5.74, 6) is -0.605. The molecule has 2 atom stereocenters. The van der Waals surface area contributed by atoms with Crippen molar-refractivity contribution in [2.24, 2.45) is 11.1 Å². The maximum atomic E-state index is 14.1. The molecule has 1 unspecified atom stereocenters. The minimum absolute atomic E-state index is 0.180. The van der Waals surface area contributed by atoms with Crippen LogP contribution >= 0.6 is 11.6 Å². The van der Waals surface area contributed by atoms with E-state index in [1.807, 2.05) is 12.1 Å². The van der Waals surface area contributed by atoms with Gasteiger partial charge in [-0.25, -0.2) is 4.39 Å². The molecule has 0 saturated carbocycles. The molecule has 1 saturated heterocycles. The summed E-state index contributed by atoms with van der Waals surface area (Å²) in [5.41, 5.74) is 6.78. The lowest BCUT2D eigenvalue weighted by Crippen LogP contribution is -2.38. The highest BCUT2D eigenvalue weighted by Gasteiger charge is 2.47. The van der Waals surface area contributed by atoms with Gasteiger partial charge in [-0.05, 0) is 55.1 Å². The molecule has 6 nitrogen and oxygen atoms in total. The van der Waals surface area contributed by atoms with Gasteiger partial charge in [0.2, 0.25) is 5.91 Å². The Hall–Kier alpha value is -2.00. The summed E-state index contributed by atoms with van der Waals surface area (Å²) in [6.45, 7) is 0.0194. The van der Waals surface area contributed by atoms with Crippen LogP contribution < -0.4 is 11.1 Å². The Kier molecular flexibility index (Phi) is 6.81. The summed E-state index contributed by atoms with van der Waals surface area (Å²) >= 11 is 5.97. The SMILES string of the molecule is CS(=O)(=O)OCC1(CCN)C[C@@H](Cc2ccc(-c3cc(Cl)ccc3F)cc2)NC1=O. The summed E-state index contributed by atoms with van der Waals surface area (Å²) in [5, 5.41) is 3.39. The average molecular weight is 455 g/mol. The molecule has 1 aliphatic heterocycles. The molecule has 3 rings (SSSR count). The molecular formula is C21H24ClFN2O4S. The molecule has 0 aromatic heterocycles. The highest BCUT2D eigenvalue weighted by atomic mass is 35.5. The van der Waals surface area contributed by atoms with Gasteiger partial charge in [0, 0.05) is 16.6 Å². The van der Waals surface area contributed by atoms with E-state index >= 15 is 0 Å². The zero-order valence-corrected chi connectivity index (χ0v) is 18.1. The minimum atomic E-state index is -3.67. The Morgan fingerprint density at radius 1 is 1.27 bits per heavy atom. The van der Waals surface area contributed by atoms with Crippen molar-refractivity contribution in [1.29, 1.82) is 0 Å². The van der Waals surface area contributed by atoms with Crippen molar-refractivity contribution in [2.75, 3.05) is 19.4 Å². The molecule has 162 valence electrons. The van der Waals surface area contributed by atoms with Crippen LogP contribution in [-0.4, -0.2) is 39.8 Å². The Bertz CT molecular complexity index is 1030. The third-order valence-corrected chi connectivity index (χ3v) is 6.08. The summed E-state index contributed by atoms with van der Waals surface area (Å²) in [4.78, 5) is 12.6. The van der Waals surface area contributed by atoms with E-state index in [-0.39, 0.29) is 30.9 Å². The lowest BCUT2D eigenvalue weighted by atomic mass is 9.81. The first-order valence-corrected chi connectivity index (χ1v) is 11.7. The highest BCUT2D eigenvalue weighted by molar-refractivity contribution is 7.85. The molecule has 1 amide bonds. The summed E-state index contributed by atoms with van der Waals surface area (Å²) in [6, 6.07) is 11.6. The largest absolute Gasteiger partial charge is 0.352 e. The molecule has 9 heteroatoms. The second kappa shape index (κ2) is 9.01. The predicted molar refractivity (Wildman–Crippen MR) is 114 cm³/mol. The second-order valence-electron chi connectivity index (χ2n) is 7.69. The number of hydrogen-bond donors (Lipinski definition) is 2. The van der Waals surface area contributed by atoms with Crippen LogP contribution in [0, 0.1) is 11.2 Å². The second-order valence-corrected chi connectivity index (χ2v) is 9.77. The number of nitrogens with two attached hydrogens (primary N) is 1. The van der Waals surface area contributed by atoms with Gasteiger partial charge < -0.3 is 11.1 Å². The molecule has 1 fully saturated rings. The maximum absolute atomic E-state index is 14.1. The number of hydrogen-bond acceptors (Lipinski definition) is 5. The van der Waals surface area contributed by atoms with E-state index in [0.29, 0.717) is 35.4 Å². The molecule has 0 spiro atoms. The van der Waals surface area contributed by atoms with Gasteiger partial charge in [0.25, 0.3) is 10.1 Å². The quantitative estimate of drug-likeness (QED) is 0.597. The third kappa shape index (κ3) is 5.37. The average Bonchev–Trinajstić information content (AvgIpc) is 2.98. The van der Waals surface area contributed by atoms with Crippen LogP contribution in [0.1, 0.15) is 18.4 Å². The molecule has 3 N–H and O–H groups in total. The van der Waals surface area contributed by atoms with Crippen LogP contribution in [0.15, 0.2) is 42.5 Å². The summed E-state index contributed by atoms with van der Waals surface area (Å²) in [7, 11) is -3.67. The van der Waals surface area contributed by atoms with Crippen LogP contribution in [0.2, 0.25) is 5.02 Å². The normalized spacial score (nSPS) is 21.6. The molecule has 0 radical (unpaired) electrons. The third-order valence-electron chi connectivity index (χ3n) is 5.30. The van der Waals surface area contributed by atoms with Crippen LogP contribution in [0.25, 0.3) is 11.1 Å². The standard InChI is InChI=1S/C21H24ClFN2O4S/c1-30(27,28)29-13-21(8-9-24)12-17(25-20(21)26)10-14-2-4-15(5-3-14)18-11-16(22)6-7-19(18)23/h2-7,11,17H,8-10,12-13,24H2,1H3,(H,25,26)/t17-,21?/m1/s1. The fourth-order valence-corrected chi connectivity index (χ4v) is 4.42. The lowest BCUT2D eigenvalue weighted by molar-refractivity contribution is -0.129. The van der Waals surface area contributed by atoms with Crippen molar-refractivity contribution >= 4 is 27.6 Å². The molecule has 1 aliphatic rings. The number of carbonyl (C=O) groups excluding carboxylic acids is 1. The van der Waals surface area contributed by atoms with Crippen LogP contribution in [0.3, 0.4) is 0 Å². The Labute approximate surface area is 180 Å². The fraction of sp³-hybridized carbons (Fsp3) is 0.381. The van der Waals surface area contributed by atoms with Crippen molar-refractivity contribution in [2.45, 2.75) is 25.3 Å². The number of benzene rings is 2. The predicted octanol–water partition coefficient (Wildman–Crippen LogP) is 2.89. The molecule has 2 aromatic rings. The molecule has 1 heterocycles. The van der Waals surface area contributed by atoms with E-state index in [1.54, 1.807) is 18.2 Å². The zero-order valence-electron chi connectivity index (χ0n) is 16.5. The van der Waals surface area contributed by atoms with Gasteiger partial charge in [0.05, 0.1) is 18.3 Å². The molecule has 0 aliphatic carbocycles. The van der Waals surface area contributed by atoms with Gasteiger partial charge in [-0.15, -0.1) is 0 Å². The van der Waals surface area contributed by atoms with Gasteiger partial charge in [-0.3, -0.25) is 8.98 Å². The number of rotatable bonds is 8. The number of nitrogens with one attached hydrogen (secondary N) is 1. The number of halogens is 2. The number of amides is 1. The van der Waals surface area contributed by atoms with Gasteiger partial charge >= 0.3 is 0 Å². The first-order valence-electron chi connectivity index (χ1n) is 9.52. The summed E-state index contributed by atoms with van der Waals surface area (Å²) in [6.07, 6.45) is 2.26. The van der Waals surface area contributed by atoms with E-state index in [0.717, 1.165) is 11.8 Å². The summed E-state index contributed by atoms with van der Waals surface area (Å²) < 4.78 is 41.8. The van der Waals surface area contributed by atoms with Gasteiger partial charge in [-0.1, -0.05) is 35.9 Å². The number of carbonyl (C=O) groups is 1. The highest BCUT2D eigenvalue weighted by Crippen LogP contribution is 2.36. The first kappa shape index (κ1) is 22.7. The smallest absolute Gasteiger partial charge is 0.264 e.